The molecule has 0 aliphatic rings. The fourth-order valence-corrected chi connectivity index (χ4v) is 2.37. The third-order valence-electron chi connectivity index (χ3n) is 3.46. The van der Waals surface area contributed by atoms with Crippen molar-refractivity contribution in [2.24, 2.45) is 0 Å². The highest BCUT2D eigenvalue weighted by molar-refractivity contribution is 5.96. The predicted molar refractivity (Wildman–Crippen MR) is 82.2 cm³/mol. The van der Waals surface area contributed by atoms with Gasteiger partial charge in [0.1, 0.15) is 0 Å². The number of pyridine rings is 1. The van der Waals surface area contributed by atoms with Crippen LogP contribution in [0.5, 0.6) is 0 Å². The van der Waals surface area contributed by atoms with Gasteiger partial charge in [-0.1, -0.05) is 18.2 Å². The third-order valence-corrected chi connectivity index (χ3v) is 3.46. The number of benzene rings is 1. The van der Waals surface area contributed by atoms with Crippen LogP contribution in [0.3, 0.4) is 0 Å². The number of carbonyl (C=O) groups is 1. The Balaban J connectivity index is 1.88. The number of aliphatic hydroxyl groups is 1. The molecule has 0 spiro atoms. The maximum absolute atomic E-state index is 13.7. The second-order valence-electron chi connectivity index (χ2n) is 5.08. The van der Waals surface area contributed by atoms with E-state index in [0.717, 1.165) is 5.56 Å². The Kier molecular flexibility index (Phi) is 4.34. The summed E-state index contributed by atoms with van der Waals surface area (Å²) in [6, 6.07) is 9.63. The summed E-state index contributed by atoms with van der Waals surface area (Å²) >= 11 is 0. The molecule has 0 unspecified atom stereocenters. The molecule has 23 heavy (non-hydrogen) atoms. The highest BCUT2D eigenvalue weighted by Gasteiger charge is 2.21. The molecule has 1 N–H and O–H groups in total. The first-order valence-electron chi connectivity index (χ1n) is 7.16. The van der Waals surface area contributed by atoms with Gasteiger partial charge in [0.05, 0.1) is 6.61 Å². The molecular weight excluding hydrogens is 299 g/mol. The molecule has 0 saturated carbocycles. The van der Waals surface area contributed by atoms with Crippen molar-refractivity contribution in [2.45, 2.75) is 6.54 Å². The fraction of sp³-hybridized carbons (Fsp3) is 0.176. The van der Waals surface area contributed by atoms with Crippen molar-refractivity contribution >= 4 is 16.9 Å². The van der Waals surface area contributed by atoms with Crippen LogP contribution in [-0.4, -0.2) is 34.0 Å². The number of rotatable bonds is 5. The zero-order valence-electron chi connectivity index (χ0n) is 12.3. The van der Waals surface area contributed by atoms with Gasteiger partial charge in [0, 0.05) is 30.9 Å². The van der Waals surface area contributed by atoms with Crippen molar-refractivity contribution < 1.29 is 18.7 Å². The lowest BCUT2D eigenvalue weighted by atomic mass is 10.2. The molecule has 6 heteroatoms. The monoisotopic (exact) mass is 314 g/mol. The number of hydrogen-bond donors (Lipinski definition) is 1. The number of carbonyl (C=O) groups excluding carboxylic acids is 1. The van der Waals surface area contributed by atoms with Gasteiger partial charge >= 0.3 is 0 Å². The molecule has 0 aliphatic carbocycles. The van der Waals surface area contributed by atoms with E-state index in [4.69, 9.17) is 4.42 Å². The number of halogens is 1. The molecule has 1 amide bonds. The molecule has 0 atom stereocenters. The van der Waals surface area contributed by atoms with Crippen LogP contribution in [0.15, 0.2) is 53.2 Å². The summed E-state index contributed by atoms with van der Waals surface area (Å²) in [4.78, 5) is 18.0. The van der Waals surface area contributed by atoms with Gasteiger partial charge in [-0.15, -0.1) is 0 Å². The summed E-state index contributed by atoms with van der Waals surface area (Å²) in [6.45, 7) is 0.251. The van der Waals surface area contributed by atoms with Crippen molar-refractivity contribution in [3.63, 3.8) is 0 Å². The number of aliphatic hydroxyl groups excluding tert-OH is 1. The summed E-state index contributed by atoms with van der Waals surface area (Å²) < 4.78 is 19.1. The second-order valence-corrected chi connectivity index (χ2v) is 5.08. The Hall–Kier alpha value is -2.73. The average molecular weight is 314 g/mol. The topological polar surface area (TPSA) is 66.6 Å². The number of hydrogen-bond acceptors (Lipinski definition) is 4. The highest BCUT2D eigenvalue weighted by Crippen LogP contribution is 2.23. The molecule has 1 aromatic carbocycles. The Morgan fingerprint density at radius 3 is 2.87 bits per heavy atom. The van der Waals surface area contributed by atoms with Crippen molar-refractivity contribution in [3.05, 3.63) is 65.9 Å². The smallest absolute Gasteiger partial charge is 0.289 e. The average Bonchev–Trinajstić information content (AvgIpc) is 3.00. The minimum atomic E-state index is -0.512. The van der Waals surface area contributed by atoms with Gasteiger partial charge in [-0.25, -0.2) is 4.39 Å². The van der Waals surface area contributed by atoms with Crippen molar-refractivity contribution in [1.82, 2.24) is 9.88 Å². The molecule has 3 rings (SSSR count). The van der Waals surface area contributed by atoms with Crippen molar-refractivity contribution in [2.75, 3.05) is 13.2 Å². The number of furan rings is 1. The highest BCUT2D eigenvalue weighted by atomic mass is 19.1. The SMILES string of the molecule is O=C(c1cc2cccc(F)c2o1)N(CCO)Cc1cccnc1. The van der Waals surface area contributed by atoms with Crippen LogP contribution < -0.4 is 0 Å². The summed E-state index contributed by atoms with van der Waals surface area (Å²) in [6.07, 6.45) is 3.29. The van der Waals surface area contributed by atoms with Gasteiger partial charge in [-0.2, -0.15) is 0 Å². The lowest BCUT2D eigenvalue weighted by Gasteiger charge is -2.20. The minimum absolute atomic E-state index is 0.0439. The Morgan fingerprint density at radius 1 is 1.30 bits per heavy atom. The van der Waals surface area contributed by atoms with Crippen molar-refractivity contribution in [3.8, 4) is 0 Å². The molecule has 3 aromatic rings. The van der Waals surface area contributed by atoms with E-state index in [-0.39, 0.29) is 31.0 Å². The summed E-state index contributed by atoms with van der Waals surface area (Å²) in [5.74, 6) is -0.872. The quantitative estimate of drug-likeness (QED) is 0.786. The van der Waals surface area contributed by atoms with Crippen LogP contribution in [0.1, 0.15) is 16.1 Å². The third kappa shape index (κ3) is 3.22. The van der Waals surface area contributed by atoms with Crippen LogP contribution in [0, 0.1) is 5.82 Å². The number of para-hydroxylation sites is 1. The number of fused-ring (bicyclic) bond motifs is 1. The van der Waals surface area contributed by atoms with E-state index < -0.39 is 11.7 Å². The molecule has 2 heterocycles. The summed E-state index contributed by atoms with van der Waals surface area (Å²) in [7, 11) is 0. The lowest BCUT2D eigenvalue weighted by molar-refractivity contribution is 0.0678. The van der Waals surface area contributed by atoms with Crippen LogP contribution in [-0.2, 0) is 6.54 Å². The Labute approximate surface area is 132 Å². The van der Waals surface area contributed by atoms with Crippen molar-refractivity contribution in [1.29, 1.82) is 0 Å². The van der Waals surface area contributed by atoms with E-state index in [1.807, 2.05) is 6.07 Å². The zero-order chi connectivity index (χ0) is 16.2. The van der Waals surface area contributed by atoms with Crippen LogP contribution in [0.25, 0.3) is 11.0 Å². The molecule has 118 valence electrons. The van der Waals surface area contributed by atoms with Gasteiger partial charge < -0.3 is 14.4 Å². The van der Waals surface area contributed by atoms with Crippen LogP contribution in [0.4, 0.5) is 4.39 Å². The first kappa shape index (κ1) is 15.2. The van der Waals surface area contributed by atoms with E-state index >= 15 is 0 Å². The minimum Gasteiger partial charge on any atom is -0.448 e. The second kappa shape index (κ2) is 6.58. The number of nitrogens with zero attached hydrogens (tertiary/aromatic N) is 2. The van der Waals surface area contributed by atoms with Gasteiger partial charge in [0.2, 0.25) is 0 Å². The predicted octanol–water partition coefficient (Wildman–Crippen LogP) is 2.60. The normalized spacial score (nSPS) is 10.9. The molecule has 0 radical (unpaired) electrons. The summed E-state index contributed by atoms with van der Waals surface area (Å²) in [5, 5.41) is 9.72. The standard InChI is InChI=1S/C17H15FN2O3/c18-14-5-1-4-13-9-15(23-16(13)14)17(22)20(7-8-21)11-12-3-2-6-19-10-12/h1-6,9-10,21H,7-8,11H2. The lowest BCUT2D eigenvalue weighted by Crippen LogP contribution is -2.32. The molecule has 0 aliphatic heterocycles. The molecule has 2 aromatic heterocycles. The van der Waals surface area contributed by atoms with E-state index in [0.29, 0.717) is 5.39 Å². The van der Waals surface area contributed by atoms with Crippen LogP contribution >= 0.6 is 0 Å². The van der Waals surface area contributed by atoms with Crippen LogP contribution in [0.2, 0.25) is 0 Å². The summed E-state index contributed by atoms with van der Waals surface area (Å²) in [5.41, 5.74) is 0.887. The number of amides is 1. The van der Waals surface area contributed by atoms with Gasteiger partial charge in [-0.05, 0) is 23.8 Å². The van der Waals surface area contributed by atoms with E-state index in [1.54, 1.807) is 30.6 Å². The maximum Gasteiger partial charge on any atom is 0.289 e. The fourth-order valence-electron chi connectivity index (χ4n) is 2.37. The Morgan fingerprint density at radius 2 is 2.17 bits per heavy atom. The number of aromatic nitrogens is 1. The first-order chi connectivity index (χ1) is 11.2. The first-order valence-corrected chi connectivity index (χ1v) is 7.16. The van der Waals surface area contributed by atoms with Gasteiger partial charge in [0.15, 0.2) is 17.2 Å². The van der Waals surface area contributed by atoms with Gasteiger partial charge in [0.25, 0.3) is 5.91 Å². The van der Waals surface area contributed by atoms with Gasteiger partial charge in [-0.3, -0.25) is 9.78 Å². The van der Waals surface area contributed by atoms with E-state index in [2.05, 4.69) is 4.98 Å². The van der Waals surface area contributed by atoms with E-state index in [9.17, 15) is 14.3 Å². The molecule has 0 fully saturated rings. The molecule has 5 nitrogen and oxygen atoms in total. The Bertz CT molecular complexity index is 817. The molecule has 0 bridgehead atoms. The maximum atomic E-state index is 13.7. The molecular formula is C17H15FN2O3. The largest absolute Gasteiger partial charge is 0.448 e. The molecule has 0 saturated heterocycles. The van der Waals surface area contributed by atoms with E-state index in [1.165, 1.54) is 17.0 Å². The zero-order valence-corrected chi connectivity index (χ0v) is 12.3.